The van der Waals surface area contributed by atoms with Crippen molar-refractivity contribution in [1.29, 1.82) is 5.26 Å². The van der Waals surface area contributed by atoms with Gasteiger partial charge < -0.3 is 15.4 Å². The number of nitrogens with one attached hydrogen (secondary N) is 2. The highest BCUT2D eigenvalue weighted by Crippen LogP contribution is 2.36. The van der Waals surface area contributed by atoms with Gasteiger partial charge in [0.25, 0.3) is 11.8 Å². The molecule has 1 aliphatic rings. The predicted molar refractivity (Wildman–Crippen MR) is 84.7 cm³/mol. The molecule has 7 heteroatoms. The summed E-state index contributed by atoms with van der Waals surface area (Å²) in [4.78, 5) is 23.5. The van der Waals surface area contributed by atoms with Crippen molar-refractivity contribution in [1.82, 2.24) is 0 Å². The van der Waals surface area contributed by atoms with Crippen LogP contribution in [0.3, 0.4) is 0 Å². The predicted octanol–water partition coefficient (Wildman–Crippen LogP) is 2.79. The molecule has 0 saturated heterocycles. The minimum absolute atomic E-state index is 0.0857. The third-order valence-corrected chi connectivity index (χ3v) is 3.54. The fourth-order valence-corrected chi connectivity index (χ4v) is 2.30. The van der Waals surface area contributed by atoms with Gasteiger partial charge in [0.15, 0.2) is 6.61 Å². The highest BCUT2D eigenvalue weighted by Gasteiger charge is 2.19. The molecule has 2 aromatic rings. The van der Waals surface area contributed by atoms with Crippen molar-refractivity contribution in [2.24, 2.45) is 0 Å². The molecule has 0 bridgehead atoms. The quantitative estimate of drug-likeness (QED) is 0.887. The van der Waals surface area contributed by atoms with Gasteiger partial charge in [-0.05, 0) is 30.3 Å². The standard InChI is InChI=1S/C16H10ClN3O3/c17-11-5-13-14(23-8-15(21)19-13)6-12(11)20-16(22)10-3-1-9(7-18)2-4-10/h1-6H,8H2,(H,19,21)(H,20,22). The molecule has 1 aliphatic heterocycles. The second kappa shape index (κ2) is 5.99. The first-order valence-electron chi connectivity index (χ1n) is 6.64. The van der Waals surface area contributed by atoms with Gasteiger partial charge in [-0.15, -0.1) is 0 Å². The molecule has 2 N–H and O–H groups in total. The Balaban J connectivity index is 1.83. The number of nitrogens with zero attached hydrogens (tertiary/aromatic N) is 1. The van der Waals surface area contributed by atoms with Crippen LogP contribution in [0.25, 0.3) is 0 Å². The maximum Gasteiger partial charge on any atom is 0.262 e. The topological polar surface area (TPSA) is 91.2 Å². The molecule has 23 heavy (non-hydrogen) atoms. The number of ether oxygens (including phenoxy) is 1. The van der Waals surface area contributed by atoms with Gasteiger partial charge in [0, 0.05) is 11.6 Å². The number of hydrogen-bond donors (Lipinski definition) is 2. The van der Waals surface area contributed by atoms with E-state index in [0.717, 1.165) is 0 Å². The van der Waals surface area contributed by atoms with Crippen molar-refractivity contribution in [3.05, 3.63) is 52.5 Å². The Bertz CT molecular complexity index is 841. The van der Waals surface area contributed by atoms with E-state index in [4.69, 9.17) is 21.6 Å². The number of hydrogen-bond acceptors (Lipinski definition) is 4. The van der Waals surface area contributed by atoms with Gasteiger partial charge in [0.1, 0.15) is 5.75 Å². The van der Waals surface area contributed by atoms with Gasteiger partial charge in [0.05, 0.1) is 28.0 Å². The van der Waals surface area contributed by atoms with Gasteiger partial charge in [-0.25, -0.2) is 0 Å². The Kier molecular flexibility index (Phi) is 3.87. The van der Waals surface area contributed by atoms with E-state index in [1.54, 1.807) is 30.3 Å². The molecule has 2 amide bonds. The lowest BCUT2D eigenvalue weighted by molar-refractivity contribution is -0.118. The maximum absolute atomic E-state index is 12.2. The van der Waals surface area contributed by atoms with E-state index in [0.29, 0.717) is 28.3 Å². The average molecular weight is 328 g/mol. The van der Waals surface area contributed by atoms with Crippen LogP contribution in [-0.4, -0.2) is 18.4 Å². The number of carbonyl (C=O) groups is 2. The van der Waals surface area contributed by atoms with Gasteiger partial charge in [0.2, 0.25) is 0 Å². The van der Waals surface area contributed by atoms with Crippen LogP contribution in [0.1, 0.15) is 15.9 Å². The summed E-state index contributed by atoms with van der Waals surface area (Å²) in [5.41, 5.74) is 1.70. The smallest absolute Gasteiger partial charge is 0.262 e. The lowest BCUT2D eigenvalue weighted by Gasteiger charge is -2.19. The molecule has 0 spiro atoms. The van der Waals surface area contributed by atoms with Crippen molar-refractivity contribution in [2.45, 2.75) is 0 Å². The number of nitriles is 1. The van der Waals surface area contributed by atoms with E-state index in [9.17, 15) is 9.59 Å². The van der Waals surface area contributed by atoms with Gasteiger partial charge in [-0.2, -0.15) is 5.26 Å². The SMILES string of the molecule is N#Cc1ccc(C(=O)Nc2cc3c(cc2Cl)NC(=O)CO3)cc1. The summed E-state index contributed by atoms with van der Waals surface area (Å²) in [6, 6.07) is 11.3. The van der Waals surface area contributed by atoms with Crippen LogP contribution in [0, 0.1) is 11.3 Å². The summed E-state index contributed by atoms with van der Waals surface area (Å²) in [7, 11) is 0. The molecule has 0 radical (unpaired) electrons. The Morgan fingerprint density at radius 2 is 2.04 bits per heavy atom. The minimum Gasteiger partial charge on any atom is -0.482 e. The molecule has 6 nitrogen and oxygen atoms in total. The molecular weight excluding hydrogens is 318 g/mol. The van der Waals surface area contributed by atoms with E-state index < -0.39 is 0 Å². The highest BCUT2D eigenvalue weighted by atomic mass is 35.5. The highest BCUT2D eigenvalue weighted by molar-refractivity contribution is 6.34. The van der Waals surface area contributed by atoms with Crippen molar-refractivity contribution in [3.63, 3.8) is 0 Å². The summed E-state index contributed by atoms with van der Waals surface area (Å²) >= 11 is 6.12. The average Bonchev–Trinajstić information content (AvgIpc) is 2.55. The van der Waals surface area contributed by atoms with Crippen LogP contribution >= 0.6 is 11.6 Å². The molecule has 0 atom stereocenters. The summed E-state index contributed by atoms with van der Waals surface area (Å²) in [6.45, 7) is -0.0857. The molecule has 0 unspecified atom stereocenters. The molecule has 0 aromatic heterocycles. The molecule has 3 rings (SSSR count). The number of amides is 2. The number of carbonyl (C=O) groups excluding carboxylic acids is 2. The van der Waals surface area contributed by atoms with Crippen LogP contribution in [0.15, 0.2) is 36.4 Å². The van der Waals surface area contributed by atoms with Crippen LogP contribution in [-0.2, 0) is 4.79 Å². The molecule has 0 fully saturated rings. The molecule has 0 saturated carbocycles. The lowest BCUT2D eigenvalue weighted by atomic mass is 10.1. The zero-order chi connectivity index (χ0) is 16.4. The van der Waals surface area contributed by atoms with E-state index in [1.165, 1.54) is 6.07 Å². The fraction of sp³-hybridized carbons (Fsp3) is 0.0625. The molecule has 0 aliphatic carbocycles. The van der Waals surface area contributed by atoms with Crippen molar-refractivity contribution >= 4 is 34.8 Å². The second-order valence-corrected chi connectivity index (χ2v) is 5.22. The van der Waals surface area contributed by atoms with Gasteiger partial charge in [-0.3, -0.25) is 9.59 Å². The number of rotatable bonds is 2. The number of halogens is 1. The van der Waals surface area contributed by atoms with Crippen LogP contribution in [0.4, 0.5) is 11.4 Å². The first kappa shape index (κ1) is 14.9. The van der Waals surface area contributed by atoms with Crippen molar-refractivity contribution < 1.29 is 14.3 Å². The van der Waals surface area contributed by atoms with Crippen LogP contribution in [0.2, 0.25) is 5.02 Å². The second-order valence-electron chi connectivity index (χ2n) is 4.81. The third-order valence-electron chi connectivity index (χ3n) is 3.23. The Hall–Kier alpha value is -3.04. The zero-order valence-corrected chi connectivity index (χ0v) is 12.5. The third kappa shape index (κ3) is 3.10. The molecule has 1 heterocycles. The van der Waals surface area contributed by atoms with E-state index in [-0.39, 0.29) is 23.4 Å². The summed E-state index contributed by atoms with van der Waals surface area (Å²) in [5.74, 6) is -0.191. The van der Waals surface area contributed by atoms with Crippen molar-refractivity contribution in [3.8, 4) is 11.8 Å². The normalized spacial score (nSPS) is 12.4. The van der Waals surface area contributed by atoms with E-state index >= 15 is 0 Å². The first-order valence-corrected chi connectivity index (χ1v) is 7.02. The van der Waals surface area contributed by atoms with Crippen LogP contribution < -0.4 is 15.4 Å². The minimum atomic E-state index is -0.365. The number of fused-ring (bicyclic) bond motifs is 1. The van der Waals surface area contributed by atoms with E-state index in [2.05, 4.69) is 10.6 Å². The summed E-state index contributed by atoms with van der Waals surface area (Å²) in [5, 5.41) is 14.3. The van der Waals surface area contributed by atoms with Crippen LogP contribution in [0.5, 0.6) is 5.75 Å². The summed E-state index contributed by atoms with van der Waals surface area (Å²) in [6.07, 6.45) is 0. The first-order chi connectivity index (χ1) is 11.1. The lowest BCUT2D eigenvalue weighted by Crippen LogP contribution is -2.25. The fourth-order valence-electron chi connectivity index (χ4n) is 2.09. The molecule has 2 aromatic carbocycles. The van der Waals surface area contributed by atoms with Crippen molar-refractivity contribution in [2.75, 3.05) is 17.2 Å². The molecular formula is C16H10ClN3O3. The number of benzene rings is 2. The van der Waals surface area contributed by atoms with Gasteiger partial charge >= 0.3 is 0 Å². The Labute approximate surface area is 136 Å². The largest absolute Gasteiger partial charge is 0.482 e. The van der Waals surface area contributed by atoms with Gasteiger partial charge in [-0.1, -0.05) is 11.6 Å². The Morgan fingerprint density at radius 1 is 1.30 bits per heavy atom. The maximum atomic E-state index is 12.2. The van der Waals surface area contributed by atoms with E-state index in [1.807, 2.05) is 6.07 Å². The molecule has 114 valence electrons. The monoisotopic (exact) mass is 327 g/mol. The Morgan fingerprint density at radius 3 is 2.74 bits per heavy atom. The zero-order valence-electron chi connectivity index (χ0n) is 11.7. The number of anilines is 2. The summed E-state index contributed by atoms with van der Waals surface area (Å²) < 4.78 is 5.29.